The molecule has 0 aromatic heterocycles. The number of amides is 1. The molecule has 1 heterocycles. The van der Waals surface area contributed by atoms with E-state index in [4.69, 9.17) is 4.84 Å². The number of nitrogens with zero attached hydrogens (tertiary/aromatic N) is 2. The van der Waals surface area contributed by atoms with E-state index in [9.17, 15) is 4.79 Å². The molecule has 0 aliphatic carbocycles. The molecule has 0 aromatic carbocycles. The summed E-state index contributed by atoms with van der Waals surface area (Å²) < 4.78 is 0.519. The van der Waals surface area contributed by atoms with E-state index in [0.29, 0.717) is 23.0 Å². The Morgan fingerprint density at radius 1 is 1.53 bits per heavy atom. The van der Waals surface area contributed by atoms with Crippen molar-refractivity contribution in [3.63, 3.8) is 0 Å². The molecule has 0 spiro atoms. The molecular formula is C13H27N2O2+. The molecule has 4 nitrogen and oxygen atoms in total. The Morgan fingerprint density at radius 3 is 2.65 bits per heavy atom. The first-order chi connectivity index (χ1) is 7.85. The number of rotatable bonds is 6. The third-order valence-corrected chi connectivity index (χ3v) is 3.55. The number of likely N-dealkylation sites (N-methyl/N-ethyl adjacent to an activating group) is 1. The highest BCUT2D eigenvalue weighted by molar-refractivity contribution is 5.78. The number of likely N-dealkylation sites (tertiary alicyclic amines) is 1. The lowest BCUT2D eigenvalue weighted by Gasteiger charge is -2.32. The van der Waals surface area contributed by atoms with Crippen molar-refractivity contribution in [2.24, 2.45) is 0 Å². The molecule has 4 heteroatoms. The lowest BCUT2D eigenvalue weighted by molar-refractivity contribution is -1.08. The van der Waals surface area contributed by atoms with Crippen LogP contribution < -0.4 is 0 Å². The fraction of sp³-hybridized carbons (Fsp3) is 0.923. The lowest BCUT2D eigenvalue weighted by Crippen LogP contribution is -2.48. The molecule has 0 saturated carbocycles. The van der Waals surface area contributed by atoms with Gasteiger partial charge in [0.05, 0.1) is 20.6 Å². The van der Waals surface area contributed by atoms with E-state index in [2.05, 4.69) is 34.9 Å². The number of carbonyl (C=O) groups excluding carboxylic acids is 1. The second-order valence-electron chi connectivity index (χ2n) is 5.60. The van der Waals surface area contributed by atoms with E-state index >= 15 is 0 Å². The van der Waals surface area contributed by atoms with Crippen molar-refractivity contribution in [3.8, 4) is 0 Å². The number of quaternary nitrogens is 1. The number of hydrogen-bond acceptors (Lipinski definition) is 2. The number of hydroxylamine groups is 3. The van der Waals surface area contributed by atoms with Gasteiger partial charge in [-0.2, -0.15) is 4.65 Å². The fourth-order valence-electron chi connectivity index (χ4n) is 2.19. The Bertz CT molecular complexity index is 266. The molecule has 1 amide bonds. The maximum absolute atomic E-state index is 11.7. The highest BCUT2D eigenvalue weighted by Crippen LogP contribution is 2.18. The van der Waals surface area contributed by atoms with Crippen LogP contribution in [0.25, 0.3) is 0 Å². The van der Waals surface area contributed by atoms with Gasteiger partial charge in [0.25, 0.3) is 0 Å². The summed E-state index contributed by atoms with van der Waals surface area (Å²) in [7, 11) is 4.11. The molecule has 2 atom stereocenters. The van der Waals surface area contributed by atoms with E-state index < -0.39 is 0 Å². The minimum absolute atomic E-state index is 0.261. The van der Waals surface area contributed by atoms with Crippen LogP contribution in [-0.2, 0) is 9.63 Å². The van der Waals surface area contributed by atoms with Crippen molar-refractivity contribution in [3.05, 3.63) is 0 Å². The van der Waals surface area contributed by atoms with Gasteiger partial charge in [0.1, 0.15) is 12.6 Å². The first-order valence-electron chi connectivity index (χ1n) is 6.66. The van der Waals surface area contributed by atoms with Gasteiger partial charge < -0.3 is 4.90 Å². The van der Waals surface area contributed by atoms with Crippen LogP contribution in [0.3, 0.4) is 0 Å². The van der Waals surface area contributed by atoms with Gasteiger partial charge in [-0.05, 0) is 26.7 Å². The van der Waals surface area contributed by atoms with E-state index in [1.807, 2.05) is 4.90 Å². The summed E-state index contributed by atoms with van der Waals surface area (Å²) in [4.78, 5) is 19.6. The Hall–Kier alpha value is -0.610. The minimum atomic E-state index is 0.261. The first-order valence-corrected chi connectivity index (χ1v) is 6.66. The van der Waals surface area contributed by atoms with Crippen LogP contribution in [0.2, 0.25) is 0 Å². The van der Waals surface area contributed by atoms with Crippen LogP contribution in [0.1, 0.15) is 40.0 Å². The van der Waals surface area contributed by atoms with Gasteiger partial charge >= 0.3 is 0 Å². The summed E-state index contributed by atoms with van der Waals surface area (Å²) in [6.45, 7) is 7.98. The largest absolute Gasteiger partial charge is 0.334 e. The third kappa shape index (κ3) is 4.28. The highest BCUT2D eigenvalue weighted by atomic mass is 16.7. The second kappa shape index (κ2) is 5.83. The fourth-order valence-corrected chi connectivity index (χ4v) is 2.19. The van der Waals surface area contributed by atoms with Gasteiger partial charge in [-0.1, -0.05) is 6.92 Å². The molecule has 1 aliphatic heterocycles. The molecule has 2 unspecified atom stereocenters. The van der Waals surface area contributed by atoms with Crippen LogP contribution in [-0.4, -0.2) is 54.8 Å². The minimum Gasteiger partial charge on any atom is -0.334 e. The van der Waals surface area contributed by atoms with Gasteiger partial charge in [-0.15, -0.1) is 0 Å². The summed E-state index contributed by atoms with van der Waals surface area (Å²) in [5.41, 5.74) is 0. The van der Waals surface area contributed by atoms with Crippen LogP contribution in [0, 0.1) is 0 Å². The SMILES string of the molecule is CCC(C)O[N+](C)(C)CCN1C(=O)CCC1C. The van der Waals surface area contributed by atoms with Gasteiger partial charge in [0.15, 0.2) is 0 Å². The predicted octanol–water partition coefficient (Wildman–Crippen LogP) is 1.80. The zero-order valence-corrected chi connectivity index (χ0v) is 11.9. The van der Waals surface area contributed by atoms with Crippen LogP contribution in [0.4, 0.5) is 0 Å². The van der Waals surface area contributed by atoms with Crippen molar-refractivity contribution < 1.29 is 14.3 Å². The van der Waals surface area contributed by atoms with Crippen molar-refractivity contribution >= 4 is 5.91 Å². The Morgan fingerprint density at radius 2 is 2.18 bits per heavy atom. The lowest BCUT2D eigenvalue weighted by atomic mass is 10.2. The quantitative estimate of drug-likeness (QED) is 0.526. The Balaban J connectivity index is 2.40. The Labute approximate surface area is 105 Å². The maximum atomic E-state index is 11.7. The molecule has 1 fully saturated rings. The summed E-state index contributed by atoms with van der Waals surface area (Å²) in [5.74, 6) is 0.293. The first kappa shape index (κ1) is 14.5. The molecule has 1 aliphatic rings. The monoisotopic (exact) mass is 243 g/mol. The van der Waals surface area contributed by atoms with E-state index in [1.165, 1.54) is 0 Å². The zero-order chi connectivity index (χ0) is 13.1. The average molecular weight is 243 g/mol. The van der Waals surface area contributed by atoms with Gasteiger partial charge in [0.2, 0.25) is 5.91 Å². The van der Waals surface area contributed by atoms with Crippen LogP contribution >= 0.6 is 0 Å². The summed E-state index contributed by atoms with van der Waals surface area (Å²) in [6.07, 6.45) is 2.98. The molecule has 100 valence electrons. The average Bonchev–Trinajstić information content (AvgIpc) is 2.55. The zero-order valence-electron chi connectivity index (χ0n) is 11.9. The number of carbonyl (C=O) groups is 1. The van der Waals surface area contributed by atoms with E-state index in [1.54, 1.807) is 0 Å². The summed E-state index contributed by atoms with van der Waals surface area (Å²) in [5, 5.41) is 0. The van der Waals surface area contributed by atoms with E-state index in [-0.39, 0.29) is 6.10 Å². The summed E-state index contributed by atoms with van der Waals surface area (Å²) in [6, 6.07) is 0.395. The smallest absolute Gasteiger partial charge is 0.223 e. The van der Waals surface area contributed by atoms with Crippen molar-refractivity contribution in [2.75, 3.05) is 27.2 Å². The maximum Gasteiger partial charge on any atom is 0.223 e. The molecule has 0 aromatic rings. The molecule has 0 N–H and O–H groups in total. The summed E-state index contributed by atoms with van der Waals surface area (Å²) >= 11 is 0. The van der Waals surface area contributed by atoms with Gasteiger partial charge in [-0.3, -0.25) is 4.79 Å². The predicted molar refractivity (Wildman–Crippen MR) is 68.2 cm³/mol. The standard InChI is InChI=1S/C13H27N2O2/c1-6-12(3)17-15(4,5)10-9-14-11(2)7-8-13(14)16/h11-12H,6-10H2,1-5H3/q+1. The number of hydrogen-bond donors (Lipinski definition) is 0. The van der Waals surface area contributed by atoms with Crippen molar-refractivity contribution in [2.45, 2.75) is 52.2 Å². The molecule has 1 saturated heterocycles. The molecule has 0 radical (unpaired) electrons. The molecule has 17 heavy (non-hydrogen) atoms. The Kier molecular flexibility index (Phi) is 4.95. The third-order valence-electron chi connectivity index (χ3n) is 3.55. The second-order valence-corrected chi connectivity index (χ2v) is 5.60. The molecular weight excluding hydrogens is 216 g/mol. The van der Waals surface area contributed by atoms with Gasteiger partial charge in [0, 0.05) is 12.5 Å². The van der Waals surface area contributed by atoms with Crippen molar-refractivity contribution in [1.82, 2.24) is 4.90 Å². The molecule has 0 bridgehead atoms. The molecule has 1 rings (SSSR count). The van der Waals surface area contributed by atoms with Gasteiger partial charge in [-0.25, -0.2) is 4.84 Å². The normalized spacial score (nSPS) is 23.2. The highest BCUT2D eigenvalue weighted by Gasteiger charge is 2.30. The van der Waals surface area contributed by atoms with E-state index in [0.717, 1.165) is 25.9 Å². The van der Waals surface area contributed by atoms with Crippen molar-refractivity contribution in [1.29, 1.82) is 0 Å². The topological polar surface area (TPSA) is 29.5 Å². The van der Waals surface area contributed by atoms with Crippen LogP contribution in [0.15, 0.2) is 0 Å². The van der Waals surface area contributed by atoms with Crippen LogP contribution in [0.5, 0.6) is 0 Å².